The maximum Gasteiger partial charge on any atom is 0.0982 e. The molecule has 0 aliphatic carbocycles. The Labute approximate surface area is 119 Å². The van der Waals surface area contributed by atoms with Crippen LogP contribution in [0.15, 0.2) is 29.3 Å². The quantitative estimate of drug-likeness (QED) is 0.690. The molecule has 0 saturated carbocycles. The van der Waals surface area contributed by atoms with Crippen LogP contribution in [0.25, 0.3) is 0 Å². The lowest BCUT2D eigenvalue weighted by molar-refractivity contribution is 0.418. The topological polar surface area (TPSA) is 42.1 Å². The highest BCUT2D eigenvalue weighted by Crippen LogP contribution is 2.50. The molecular formula is C12H12N4OS2. The second-order valence-corrected chi connectivity index (χ2v) is 5.90. The summed E-state index contributed by atoms with van der Waals surface area (Å²) in [5.74, 6) is 0. The van der Waals surface area contributed by atoms with Crippen LogP contribution < -0.4 is 10.4 Å². The Kier molecular flexibility index (Phi) is 2.73. The average Bonchev–Trinajstić information content (AvgIpc) is 2.71. The van der Waals surface area contributed by atoms with Crippen molar-refractivity contribution in [3.8, 4) is 0 Å². The Hall–Kier alpha value is -1.15. The number of nitrogens with zero attached hydrogens (tertiary/aromatic N) is 3. The van der Waals surface area contributed by atoms with E-state index >= 15 is 0 Å². The van der Waals surface area contributed by atoms with E-state index in [1.807, 2.05) is 15.4 Å². The Morgan fingerprint density at radius 1 is 1.32 bits per heavy atom. The third kappa shape index (κ3) is 2.02. The summed E-state index contributed by atoms with van der Waals surface area (Å²) >= 11 is 2.98. The molecule has 0 saturated heterocycles. The maximum atomic E-state index is 5.39. The van der Waals surface area contributed by atoms with Gasteiger partial charge in [-0.2, -0.15) is 9.38 Å². The van der Waals surface area contributed by atoms with Crippen LogP contribution >= 0.6 is 24.0 Å². The molecule has 5 nitrogen and oxygen atoms in total. The van der Waals surface area contributed by atoms with Crippen LogP contribution in [-0.4, -0.2) is 15.4 Å². The fourth-order valence-electron chi connectivity index (χ4n) is 2.20. The fraction of sp³-hybridized carbons (Fsp3) is 0.250. The number of rotatable bonds is 4. The molecule has 4 rings (SSSR count). The molecule has 2 aliphatic heterocycles. The van der Waals surface area contributed by atoms with Gasteiger partial charge in [-0.05, 0) is 18.2 Å². The zero-order valence-corrected chi connectivity index (χ0v) is 11.9. The SMILES string of the molecule is CSON1c2ccc(Sn3cc4c(n3)CNC4)cc21. The third-order valence-corrected chi connectivity index (χ3v) is 4.28. The van der Waals surface area contributed by atoms with Crippen molar-refractivity contribution in [1.82, 2.24) is 14.5 Å². The van der Waals surface area contributed by atoms with Crippen LogP contribution in [0.4, 0.5) is 11.4 Å². The fourth-order valence-corrected chi connectivity index (χ4v) is 3.34. The molecule has 0 bridgehead atoms. The van der Waals surface area contributed by atoms with Crippen LogP contribution in [-0.2, 0) is 17.4 Å². The minimum absolute atomic E-state index is 0.877. The lowest BCUT2D eigenvalue weighted by Crippen LogP contribution is -2.03. The maximum absolute atomic E-state index is 5.39. The van der Waals surface area contributed by atoms with Crippen molar-refractivity contribution >= 4 is 35.4 Å². The zero-order valence-electron chi connectivity index (χ0n) is 10.3. The van der Waals surface area contributed by atoms with E-state index in [1.54, 1.807) is 11.9 Å². The van der Waals surface area contributed by atoms with E-state index < -0.39 is 0 Å². The van der Waals surface area contributed by atoms with Crippen molar-refractivity contribution in [1.29, 1.82) is 0 Å². The molecule has 1 aromatic heterocycles. The molecule has 0 spiro atoms. The average molecular weight is 292 g/mol. The number of hydrogen-bond donors (Lipinski definition) is 1. The van der Waals surface area contributed by atoms with Crippen LogP contribution in [0.5, 0.6) is 0 Å². The molecule has 7 heteroatoms. The Morgan fingerprint density at radius 2 is 2.26 bits per heavy atom. The van der Waals surface area contributed by atoms with E-state index in [4.69, 9.17) is 4.28 Å². The molecule has 3 heterocycles. The zero-order chi connectivity index (χ0) is 12.8. The highest BCUT2D eigenvalue weighted by Gasteiger charge is 2.31. The Morgan fingerprint density at radius 3 is 3.11 bits per heavy atom. The van der Waals surface area contributed by atoms with Crippen LogP contribution in [0, 0.1) is 0 Å². The monoisotopic (exact) mass is 292 g/mol. The molecule has 2 aliphatic rings. The molecule has 1 N–H and O–H groups in total. The standard InChI is InChI=1S/C12H12N4OS2/c1-18-17-16-11-3-2-9(4-12(11)16)19-15-7-8-5-13-6-10(8)14-15/h2-4,7,13H,5-6H2,1H3. The van der Waals surface area contributed by atoms with Crippen molar-refractivity contribution in [2.45, 2.75) is 18.0 Å². The van der Waals surface area contributed by atoms with Crippen molar-refractivity contribution in [2.24, 2.45) is 0 Å². The van der Waals surface area contributed by atoms with Gasteiger partial charge >= 0.3 is 0 Å². The van der Waals surface area contributed by atoms with Gasteiger partial charge in [0.15, 0.2) is 0 Å². The van der Waals surface area contributed by atoms with Gasteiger partial charge in [0.2, 0.25) is 0 Å². The molecule has 0 unspecified atom stereocenters. The summed E-state index contributed by atoms with van der Waals surface area (Å²) < 4.78 is 7.33. The van der Waals surface area contributed by atoms with E-state index in [2.05, 4.69) is 34.8 Å². The van der Waals surface area contributed by atoms with E-state index in [1.165, 1.54) is 22.5 Å². The first-order valence-corrected chi connectivity index (χ1v) is 7.89. The third-order valence-electron chi connectivity index (χ3n) is 3.15. The second kappa shape index (κ2) is 4.45. The normalized spacial score (nSPS) is 15.5. The summed E-state index contributed by atoms with van der Waals surface area (Å²) in [5.41, 5.74) is 4.74. The molecule has 2 aromatic rings. The molecular weight excluding hydrogens is 280 g/mol. The van der Waals surface area contributed by atoms with E-state index in [0.29, 0.717) is 0 Å². The number of benzene rings is 1. The minimum Gasteiger partial charge on any atom is -0.307 e. The van der Waals surface area contributed by atoms with Crippen molar-refractivity contribution in [3.05, 3.63) is 35.7 Å². The van der Waals surface area contributed by atoms with Crippen molar-refractivity contribution in [3.63, 3.8) is 0 Å². The highest BCUT2D eigenvalue weighted by atomic mass is 32.2. The van der Waals surface area contributed by atoms with Gasteiger partial charge in [-0.1, -0.05) is 0 Å². The Balaban J connectivity index is 1.52. The van der Waals surface area contributed by atoms with Gasteiger partial charge in [0.1, 0.15) is 0 Å². The molecule has 0 amide bonds. The van der Waals surface area contributed by atoms with Gasteiger partial charge in [-0.15, -0.1) is 0 Å². The van der Waals surface area contributed by atoms with Gasteiger partial charge < -0.3 is 5.32 Å². The van der Waals surface area contributed by atoms with E-state index in [9.17, 15) is 0 Å². The van der Waals surface area contributed by atoms with Crippen LogP contribution in [0.2, 0.25) is 0 Å². The summed E-state index contributed by atoms with van der Waals surface area (Å²) in [6, 6.07) is 6.30. The number of aromatic nitrogens is 2. The van der Waals surface area contributed by atoms with Crippen LogP contribution in [0.1, 0.15) is 11.3 Å². The van der Waals surface area contributed by atoms with E-state index in [0.717, 1.165) is 30.2 Å². The highest BCUT2D eigenvalue weighted by molar-refractivity contribution is 7.97. The molecule has 0 radical (unpaired) electrons. The summed E-state index contributed by atoms with van der Waals surface area (Å²) in [7, 11) is 0. The molecule has 98 valence electrons. The first kappa shape index (κ1) is 11.7. The van der Waals surface area contributed by atoms with E-state index in [-0.39, 0.29) is 0 Å². The Bertz CT molecular complexity index is 621. The van der Waals surface area contributed by atoms with Gasteiger partial charge in [0, 0.05) is 60.0 Å². The predicted molar refractivity (Wildman–Crippen MR) is 77.2 cm³/mol. The summed E-state index contributed by atoms with van der Waals surface area (Å²) in [5, 5.41) is 9.68. The van der Waals surface area contributed by atoms with Gasteiger partial charge in [-0.3, -0.25) is 0 Å². The first-order chi connectivity index (χ1) is 9.35. The lowest BCUT2D eigenvalue weighted by Gasteiger charge is -1.99. The van der Waals surface area contributed by atoms with Crippen molar-refractivity contribution < 1.29 is 4.28 Å². The first-order valence-electron chi connectivity index (χ1n) is 5.96. The lowest BCUT2D eigenvalue weighted by atomic mass is 10.3. The molecule has 0 fully saturated rings. The summed E-state index contributed by atoms with van der Waals surface area (Å²) in [6.45, 7) is 1.80. The smallest absolute Gasteiger partial charge is 0.0982 e. The number of nitrogens with one attached hydrogen (secondary N) is 1. The molecule has 0 atom stereocenters. The van der Waals surface area contributed by atoms with Crippen molar-refractivity contribution in [2.75, 3.05) is 11.3 Å². The number of hydrogen-bond acceptors (Lipinski definition) is 6. The number of anilines is 2. The number of fused-ring (bicyclic) bond motifs is 2. The van der Waals surface area contributed by atoms with Gasteiger partial charge in [0.25, 0.3) is 0 Å². The van der Waals surface area contributed by atoms with Gasteiger partial charge in [-0.25, -0.2) is 9.15 Å². The molecule has 19 heavy (non-hydrogen) atoms. The largest absolute Gasteiger partial charge is 0.307 e. The second-order valence-electron chi connectivity index (χ2n) is 4.38. The van der Waals surface area contributed by atoms with Crippen LogP contribution in [0.3, 0.4) is 0 Å². The summed E-state index contributed by atoms with van der Waals surface area (Å²) in [6.07, 6.45) is 4.01. The minimum atomic E-state index is 0.877. The predicted octanol–water partition coefficient (Wildman–Crippen LogP) is 2.70. The summed E-state index contributed by atoms with van der Waals surface area (Å²) in [4.78, 5) is 1.17. The van der Waals surface area contributed by atoms with Gasteiger partial charge in [0.05, 0.1) is 17.1 Å². The molecule has 1 aromatic carbocycles.